The summed E-state index contributed by atoms with van der Waals surface area (Å²) in [6.45, 7) is 4.29. The van der Waals surface area contributed by atoms with E-state index in [-0.39, 0.29) is 5.91 Å². The van der Waals surface area contributed by atoms with Crippen LogP contribution in [-0.4, -0.2) is 30.4 Å². The van der Waals surface area contributed by atoms with Crippen molar-refractivity contribution in [3.8, 4) is 0 Å². The average Bonchev–Trinajstić information content (AvgIpc) is 2.51. The molecule has 1 amide bonds. The minimum absolute atomic E-state index is 0.196. The number of rotatable bonds is 7. The molecule has 0 atom stereocenters. The number of carbonyl (C=O) groups excluding carboxylic acids is 1. The number of amides is 1. The van der Waals surface area contributed by atoms with Gasteiger partial charge in [0.05, 0.1) is 6.42 Å². The van der Waals surface area contributed by atoms with Gasteiger partial charge in [-0.05, 0) is 35.7 Å². The van der Waals surface area contributed by atoms with Crippen LogP contribution in [-0.2, 0) is 11.2 Å². The Morgan fingerprint density at radius 1 is 1.10 bits per heavy atom. The van der Waals surface area contributed by atoms with E-state index in [0.717, 1.165) is 31.5 Å². The molecular formula is C18H24N2O. The number of nitrogens with two attached hydrogens (primary N) is 1. The van der Waals surface area contributed by atoms with Gasteiger partial charge in [-0.2, -0.15) is 0 Å². The van der Waals surface area contributed by atoms with Crippen LogP contribution in [0.25, 0.3) is 10.8 Å². The highest BCUT2D eigenvalue weighted by molar-refractivity contribution is 5.90. The fourth-order valence-electron chi connectivity index (χ4n) is 2.63. The predicted octanol–water partition coefficient (Wildman–Crippen LogP) is 2.97. The van der Waals surface area contributed by atoms with Gasteiger partial charge in [-0.25, -0.2) is 0 Å². The van der Waals surface area contributed by atoms with Crippen LogP contribution in [0, 0.1) is 0 Å². The maximum atomic E-state index is 12.5. The molecular weight excluding hydrogens is 260 g/mol. The van der Waals surface area contributed by atoms with Crippen LogP contribution in [0.15, 0.2) is 42.5 Å². The number of fused-ring (bicyclic) bond motifs is 1. The first-order valence-corrected chi connectivity index (χ1v) is 7.70. The minimum atomic E-state index is 0.196. The first-order chi connectivity index (χ1) is 10.3. The van der Waals surface area contributed by atoms with Crippen molar-refractivity contribution in [2.75, 3.05) is 19.6 Å². The number of hydrogen-bond donors (Lipinski definition) is 1. The Morgan fingerprint density at radius 2 is 1.86 bits per heavy atom. The van der Waals surface area contributed by atoms with Crippen molar-refractivity contribution in [2.24, 2.45) is 5.73 Å². The summed E-state index contributed by atoms with van der Waals surface area (Å²) < 4.78 is 0. The third-order valence-corrected chi connectivity index (χ3v) is 3.70. The lowest BCUT2D eigenvalue weighted by Crippen LogP contribution is -2.34. The van der Waals surface area contributed by atoms with Gasteiger partial charge in [0, 0.05) is 13.1 Å². The molecule has 0 radical (unpaired) electrons. The average molecular weight is 284 g/mol. The Hall–Kier alpha value is -1.87. The van der Waals surface area contributed by atoms with Crippen LogP contribution >= 0.6 is 0 Å². The van der Waals surface area contributed by atoms with Crippen molar-refractivity contribution in [2.45, 2.75) is 26.2 Å². The summed E-state index contributed by atoms with van der Waals surface area (Å²) in [4.78, 5) is 14.5. The van der Waals surface area contributed by atoms with E-state index in [0.29, 0.717) is 13.0 Å². The first kappa shape index (κ1) is 15.5. The zero-order chi connectivity index (χ0) is 15.1. The Labute approximate surface area is 126 Å². The van der Waals surface area contributed by atoms with Crippen molar-refractivity contribution in [1.82, 2.24) is 4.90 Å². The predicted molar refractivity (Wildman–Crippen MR) is 88.2 cm³/mol. The molecule has 0 saturated carbocycles. The lowest BCUT2D eigenvalue weighted by Gasteiger charge is -2.22. The highest BCUT2D eigenvalue weighted by Crippen LogP contribution is 2.19. The zero-order valence-electron chi connectivity index (χ0n) is 12.7. The lowest BCUT2D eigenvalue weighted by molar-refractivity contribution is -0.130. The lowest BCUT2D eigenvalue weighted by atomic mass is 10.0. The van der Waals surface area contributed by atoms with Gasteiger partial charge >= 0.3 is 0 Å². The smallest absolute Gasteiger partial charge is 0.227 e. The molecule has 0 bridgehead atoms. The van der Waals surface area contributed by atoms with Crippen molar-refractivity contribution >= 4 is 16.7 Å². The second kappa shape index (κ2) is 7.79. The third kappa shape index (κ3) is 4.05. The summed E-state index contributed by atoms with van der Waals surface area (Å²) in [5.74, 6) is 0.196. The molecule has 0 aliphatic rings. The summed E-state index contributed by atoms with van der Waals surface area (Å²) in [5, 5.41) is 2.36. The van der Waals surface area contributed by atoms with Crippen molar-refractivity contribution in [3.05, 3.63) is 48.0 Å². The maximum absolute atomic E-state index is 12.5. The van der Waals surface area contributed by atoms with Crippen LogP contribution < -0.4 is 5.73 Å². The Kier molecular flexibility index (Phi) is 5.76. The van der Waals surface area contributed by atoms with E-state index >= 15 is 0 Å². The molecule has 0 fully saturated rings. The zero-order valence-corrected chi connectivity index (χ0v) is 12.7. The first-order valence-electron chi connectivity index (χ1n) is 7.70. The number of benzene rings is 2. The van der Waals surface area contributed by atoms with E-state index in [2.05, 4.69) is 25.1 Å². The van der Waals surface area contributed by atoms with Crippen LogP contribution in [0.1, 0.15) is 25.3 Å². The fourth-order valence-corrected chi connectivity index (χ4v) is 2.63. The topological polar surface area (TPSA) is 46.3 Å². The number of carbonyl (C=O) groups is 1. The van der Waals surface area contributed by atoms with Gasteiger partial charge in [0.15, 0.2) is 0 Å². The summed E-state index contributed by atoms with van der Waals surface area (Å²) in [6.07, 6.45) is 2.30. The van der Waals surface area contributed by atoms with Crippen LogP contribution in [0.4, 0.5) is 0 Å². The molecule has 0 heterocycles. The fraction of sp³-hybridized carbons (Fsp3) is 0.389. The molecule has 0 spiro atoms. The van der Waals surface area contributed by atoms with Crippen LogP contribution in [0.5, 0.6) is 0 Å². The largest absolute Gasteiger partial charge is 0.342 e. The molecule has 0 aliphatic heterocycles. The minimum Gasteiger partial charge on any atom is -0.342 e. The normalized spacial score (nSPS) is 10.8. The summed E-state index contributed by atoms with van der Waals surface area (Å²) >= 11 is 0. The molecule has 0 unspecified atom stereocenters. The maximum Gasteiger partial charge on any atom is 0.227 e. The highest BCUT2D eigenvalue weighted by Gasteiger charge is 2.14. The van der Waals surface area contributed by atoms with E-state index < -0.39 is 0 Å². The molecule has 2 N–H and O–H groups in total. The highest BCUT2D eigenvalue weighted by atomic mass is 16.2. The molecule has 21 heavy (non-hydrogen) atoms. The molecule has 3 nitrogen and oxygen atoms in total. The van der Waals surface area contributed by atoms with E-state index in [9.17, 15) is 4.79 Å². The molecule has 2 aromatic carbocycles. The van der Waals surface area contributed by atoms with Crippen LogP contribution in [0.2, 0.25) is 0 Å². The summed E-state index contributed by atoms with van der Waals surface area (Å²) in [7, 11) is 0. The molecule has 112 valence electrons. The van der Waals surface area contributed by atoms with Gasteiger partial charge in [-0.3, -0.25) is 4.79 Å². The molecule has 0 saturated heterocycles. The molecule has 3 heteroatoms. The van der Waals surface area contributed by atoms with Crippen LogP contribution in [0.3, 0.4) is 0 Å². The number of nitrogens with zero attached hydrogens (tertiary/aromatic N) is 1. The van der Waals surface area contributed by atoms with Gasteiger partial charge < -0.3 is 10.6 Å². The standard InChI is InChI=1S/C18H24N2O/c1-2-12-20(13-6-11-19)18(21)14-16-9-5-8-15-7-3-4-10-17(15)16/h3-5,7-10H,2,6,11-14,19H2,1H3. The van der Waals surface area contributed by atoms with Gasteiger partial charge in [0.2, 0.25) is 5.91 Å². The molecule has 2 aromatic rings. The van der Waals surface area contributed by atoms with Gasteiger partial charge in [-0.1, -0.05) is 49.4 Å². The van der Waals surface area contributed by atoms with Crippen molar-refractivity contribution < 1.29 is 4.79 Å². The SMILES string of the molecule is CCCN(CCCN)C(=O)Cc1cccc2ccccc12. The third-order valence-electron chi connectivity index (χ3n) is 3.70. The van der Waals surface area contributed by atoms with Gasteiger partial charge in [-0.15, -0.1) is 0 Å². The van der Waals surface area contributed by atoms with Crippen molar-refractivity contribution in [3.63, 3.8) is 0 Å². The van der Waals surface area contributed by atoms with E-state index in [1.54, 1.807) is 0 Å². The number of hydrogen-bond acceptors (Lipinski definition) is 2. The second-order valence-electron chi connectivity index (χ2n) is 5.34. The van der Waals surface area contributed by atoms with Crippen molar-refractivity contribution in [1.29, 1.82) is 0 Å². The summed E-state index contributed by atoms with van der Waals surface area (Å²) in [6, 6.07) is 14.4. The monoisotopic (exact) mass is 284 g/mol. The van der Waals surface area contributed by atoms with E-state index in [1.165, 1.54) is 10.8 Å². The quantitative estimate of drug-likeness (QED) is 0.849. The van der Waals surface area contributed by atoms with E-state index in [4.69, 9.17) is 5.73 Å². The van der Waals surface area contributed by atoms with E-state index in [1.807, 2.05) is 29.2 Å². The molecule has 0 aliphatic carbocycles. The molecule has 2 rings (SSSR count). The van der Waals surface area contributed by atoms with Gasteiger partial charge in [0.25, 0.3) is 0 Å². The Morgan fingerprint density at radius 3 is 2.62 bits per heavy atom. The van der Waals surface area contributed by atoms with Gasteiger partial charge in [0.1, 0.15) is 0 Å². The Bertz CT molecular complexity index is 589. The summed E-state index contributed by atoms with van der Waals surface area (Å²) in [5.41, 5.74) is 6.67. The second-order valence-corrected chi connectivity index (χ2v) is 5.34. The Balaban J connectivity index is 2.16. The molecule has 0 aromatic heterocycles.